The number of rotatable bonds is 9. The van der Waals surface area contributed by atoms with Gasteiger partial charge in [0.25, 0.3) is 0 Å². The summed E-state index contributed by atoms with van der Waals surface area (Å²) in [5.74, 6) is 1.05. The molecule has 1 aromatic rings. The van der Waals surface area contributed by atoms with Gasteiger partial charge >= 0.3 is 5.97 Å². The van der Waals surface area contributed by atoms with Crippen LogP contribution in [0.3, 0.4) is 0 Å². The van der Waals surface area contributed by atoms with Crippen LogP contribution in [0.5, 0.6) is 11.5 Å². The summed E-state index contributed by atoms with van der Waals surface area (Å²) in [6, 6.07) is 6.13. The highest BCUT2D eigenvalue weighted by Gasteiger charge is 2.56. The van der Waals surface area contributed by atoms with Gasteiger partial charge in [0.2, 0.25) is 0 Å². The van der Waals surface area contributed by atoms with Crippen LogP contribution >= 0.6 is 0 Å². The number of aliphatic hydroxyl groups excluding tert-OH is 1. The summed E-state index contributed by atoms with van der Waals surface area (Å²) in [5, 5.41) is 11.0. The monoisotopic (exact) mass is 501 g/mol. The van der Waals surface area contributed by atoms with E-state index in [-0.39, 0.29) is 12.0 Å². The number of carbonyl (C=O) groups is 2. The lowest BCUT2D eigenvalue weighted by Gasteiger charge is -2.47. The molecule has 2 saturated carbocycles. The first-order valence-electron chi connectivity index (χ1n) is 13.6. The van der Waals surface area contributed by atoms with Crippen molar-refractivity contribution in [2.75, 3.05) is 20.2 Å². The quantitative estimate of drug-likeness (QED) is 0.390. The van der Waals surface area contributed by atoms with Crippen molar-refractivity contribution < 1.29 is 28.9 Å². The van der Waals surface area contributed by atoms with Gasteiger partial charge in [-0.1, -0.05) is 32.3 Å². The van der Waals surface area contributed by atoms with Gasteiger partial charge in [0.15, 0.2) is 23.9 Å². The molecule has 1 N–H and O–H groups in total. The number of methoxy groups -OCH3 is 1. The number of aliphatic hydroxyl groups is 1. The molecular formula is C29H43NO6. The third-order valence-corrected chi connectivity index (χ3v) is 9.17. The van der Waals surface area contributed by atoms with Gasteiger partial charge < -0.3 is 19.3 Å². The first kappa shape index (κ1) is 26.9. The number of aldehydes is 1. The largest absolute Gasteiger partial charge is 0.493 e. The highest BCUT2D eigenvalue weighted by Crippen LogP contribution is 2.51. The molecule has 3 fully saturated rings. The van der Waals surface area contributed by atoms with E-state index >= 15 is 0 Å². The summed E-state index contributed by atoms with van der Waals surface area (Å²) in [6.07, 6.45) is 8.79. The molecule has 2 aliphatic carbocycles. The van der Waals surface area contributed by atoms with Crippen molar-refractivity contribution in [1.82, 2.24) is 4.90 Å². The fraction of sp³-hybridized carbons (Fsp3) is 0.724. The SMILES string of the molecule is COc1ccc(C2CN(C3(C(C=O)OC(C)=O)CCCCC3)CC2(C)C(C)O)cc1OC1CCCC1. The average Bonchev–Trinajstić information content (AvgIpc) is 3.51. The standard InChI is InChI=1S/C29H43NO6/c1-20(32)28(3)19-30(29(14-8-5-9-15-29)27(18-31)35-21(2)33)17-24(28)22-12-13-25(34-4)26(16-22)36-23-10-6-7-11-23/h12-13,16,18,20,23-24,27,32H,5-11,14-15,17,19H2,1-4H3. The van der Waals surface area contributed by atoms with Crippen LogP contribution in [0, 0.1) is 5.41 Å². The van der Waals surface area contributed by atoms with E-state index < -0.39 is 29.1 Å². The van der Waals surface area contributed by atoms with Crippen molar-refractivity contribution in [3.8, 4) is 11.5 Å². The van der Waals surface area contributed by atoms with Gasteiger partial charge in [0.1, 0.15) is 0 Å². The van der Waals surface area contributed by atoms with E-state index in [2.05, 4.69) is 24.0 Å². The van der Waals surface area contributed by atoms with Crippen molar-refractivity contribution in [3.63, 3.8) is 0 Å². The van der Waals surface area contributed by atoms with Crippen LogP contribution in [0.25, 0.3) is 0 Å². The summed E-state index contributed by atoms with van der Waals surface area (Å²) < 4.78 is 17.6. The zero-order valence-electron chi connectivity index (χ0n) is 22.3. The number of likely N-dealkylation sites (tertiary alicyclic amines) is 1. The Balaban J connectivity index is 1.69. The van der Waals surface area contributed by atoms with Crippen LogP contribution < -0.4 is 9.47 Å². The first-order valence-corrected chi connectivity index (χ1v) is 13.6. The molecule has 0 spiro atoms. The third-order valence-electron chi connectivity index (χ3n) is 9.17. The predicted octanol–water partition coefficient (Wildman–Crippen LogP) is 4.64. The molecule has 0 bridgehead atoms. The maximum Gasteiger partial charge on any atom is 0.303 e. The number of ether oxygens (including phenoxy) is 3. The lowest BCUT2D eigenvalue weighted by Crippen LogP contribution is -2.59. The van der Waals surface area contributed by atoms with Crippen LogP contribution in [0.15, 0.2) is 18.2 Å². The molecule has 4 atom stereocenters. The van der Waals surface area contributed by atoms with Gasteiger partial charge in [-0.15, -0.1) is 0 Å². The first-order chi connectivity index (χ1) is 17.2. The second-order valence-electron chi connectivity index (χ2n) is 11.4. The molecule has 200 valence electrons. The van der Waals surface area contributed by atoms with Crippen LogP contribution in [-0.2, 0) is 14.3 Å². The van der Waals surface area contributed by atoms with Gasteiger partial charge in [-0.2, -0.15) is 0 Å². The molecular weight excluding hydrogens is 458 g/mol. The Kier molecular flexibility index (Phi) is 8.30. The average molecular weight is 502 g/mol. The normalized spacial score (nSPS) is 28.4. The number of esters is 1. The molecule has 4 rings (SSSR count). The maximum atomic E-state index is 12.2. The Bertz CT molecular complexity index is 920. The molecule has 3 aliphatic rings. The van der Waals surface area contributed by atoms with Crippen LogP contribution in [0.2, 0.25) is 0 Å². The van der Waals surface area contributed by atoms with Crippen molar-refractivity contribution in [2.24, 2.45) is 5.41 Å². The third kappa shape index (κ3) is 5.14. The van der Waals surface area contributed by atoms with Crippen molar-refractivity contribution >= 4 is 12.3 Å². The van der Waals surface area contributed by atoms with Crippen molar-refractivity contribution in [2.45, 2.75) is 108 Å². The summed E-state index contributed by atoms with van der Waals surface area (Å²) in [5.41, 5.74) is 0.0929. The van der Waals surface area contributed by atoms with Gasteiger partial charge in [-0.05, 0) is 63.1 Å². The van der Waals surface area contributed by atoms with Crippen LogP contribution in [0.4, 0.5) is 0 Å². The van der Waals surface area contributed by atoms with E-state index in [4.69, 9.17) is 14.2 Å². The molecule has 4 unspecified atom stereocenters. The van der Waals surface area contributed by atoms with E-state index in [1.54, 1.807) is 7.11 Å². The minimum atomic E-state index is -0.815. The number of hydrogen-bond acceptors (Lipinski definition) is 7. The van der Waals surface area contributed by atoms with Gasteiger partial charge in [0.05, 0.1) is 24.9 Å². The number of benzene rings is 1. The molecule has 0 radical (unpaired) electrons. The van der Waals surface area contributed by atoms with Gasteiger partial charge in [-0.25, -0.2) is 0 Å². The number of carbonyl (C=O) groups excluding carboxylic acids is 2. The summed E-state index contributed by atoms with van der Waals surface area (Å²) in [4.78, 5) is 26.5. The Morgan fingerprint density at radius 1 is 1.14 bits per heavy atom. The molecule has 1 aromatic carbocycles. The predicted molar refractivity (Wildman–Crippen MR) is 137 cm³/mol. The van der Waals surface area contributed by atoms with Crippen LogP contribution in [-0.4, -0.2) is 66.3 Å². The fourth-order valence-corrected chi connectivity index (χ4v) is 6.84. The molecule has 7 nitrogen and oxygen atoms in total. The zero-order valence-corrected chi connectivity index (χ0v) is 22.3. The minimum Gasteiger partial charge on any atom is -0.493 e. The summed E-state index contributed by atoms with van der Waals surface area (Å²) in [6.45, 7) is 6.63. The molecule has 1 aliphatic heterocycles. The Morgan fingerprint density at radius 2 is 1.83 bits per heavy atom. The fourth-order valence-electron chi connectivity index (χ4n) is 6.84. The summed E-state index contributed by atoms with van der Waals surface area (Å²) in [7, 11) is 1.66. The Morgan fingerprint density at radius 3 is 2.42 bits per heavy atom. The van der Waals surface area contributed by atoms with Gasteiger partial charge in [-0.3, -0.25) is 14.5 Å². The van der Waals surface area contributed by atoms with E-state index in [9.17, 15) is 14.7 Å². The van der Waals surface area contributed by atoms with E-state index in [1.165, 1.54) is 19.8 Å². The second kappa shape index (κ2) is 11.1. The van der Waals surface area contributed by atoms with Crippen molar-refractivity contribution in [1.29, 1.82) is 0 Å². The van der Waals surface area contributed by atoms with Gasteiger partial charge in [0, 0.05) is 31.3 Å². The molecule has 0 aromatic heterocycles. The topological polar surface area (TPSA) is 85.3 Å². The highest BCUT2D eigenvalue weighted by molar-refractivity contribution is 5.71. The van der Waals surface area contributed by atoms with E-state index in [0.717, 1.165) is 68.3 Å². The second-order valence-corrected chi connectivity index (χ2v) is 11.4. The zero-order chi connectivity index (χ0) is 25.9. The number of hydrogen-bond donors (Lipinski definition) is 1. The highest BCUT2D eigenvalue weighted by atomic mass is 16.5. The molecule has 0 amide bonds. The Labute approximate surface area is 215 Å². The minimum absolute atomic E-state index is 0.0118. The lowest BCUT2D eigenvalue weighted by molar-refractivity contribution is -0.161. The van der Waals surface area contributed by atoms with E-state index in [0.29, 0.717) is 13.1 Å². The molecule has 36 heavy (non-hydrogen) atoms. The lowest BCUT2D eigenvalue weighted by atomic mass is 9.72. The molecule has 1 saturated heterocycles. The van der Waals surface area contributed by atoms with Crippen LogP contribution in [0.1, 0.15) is 90.0 Å². The van der Waals surface area contributed by atoms with Crippen molar-refractivity contribution in [3.05, 3.63) is 23.8 Å². The summed E-state index contributed by atoms with van der Waals surface area (Å²) >= 11 is 0. The maximum absolute atomic E-state index is 12.2. The Hall–Kier alpha value is -2.12. The number of nitrogens with zero attached hydrogens (tertiary/aromatic N) is 1. The molecule has 7 heteroatoms. The molecule has 1 heterocycles. The van der Waals surface area contributed by atoms with E-state index in [1.807, 2.05) is 13.0 Å². The smallest absolute Gasteiger partial charge is 0.303 e.